The van der Waals surface area contributed by atoms with Crippen LogP contribution in [0.5, 0.6) is 0 Å². The Morgan fingerprint density at radius 1 is 1.03 bits per heavy atom. The molecule has 0 spiro atoms. The minimum absolute atomic E-state index is 0.0154. The van der Waals surface area contributed by atoms with Crippen LogP contribution in [0, 0.1) is 13.8 Å². The van der Waals surface area contributed by atoms with E-state index in [4.69, 9.17) is 4.74 Å². The smallest absolute Gasteiger partial charge is 0.350 e. The molecule has 0 saturated heterocycles. The van der Waals surface area contributed by atoms with Crippen molar-refractivity contribution in [3.05, 3.63) is 82.4 Å². The van der Waals surface area contributed by atoms with Gasteiger partial charge < -0.3 is 10.1 Å². The highest BCUT2D eigenvalue weighted by Crippen LogP contribution is 2.38. The first-order valence-electron chi connectivity index (χ1n) is 10.8. The Morgan fingerprint density at radius 2 is 1.71 bits per heavy atom. The molecule has 0 atom stereocenters. The van der Waals surface area contributed by atoms with E-state index in [1.54, 1.807) is 37.3 Å². The van der Waals surface area contributed by atoms with E-state index in [0.717, 1.165) is 22.6 Å². The monoisotopic (exact) mass is 509 g/mol. The van der Waals surface area contributed by atoms with Crippen molar-refractivity contribution in [3.8, 4) is 0 Å². The van der Waals surface area contributed by atoms with E-state index in [1.165, 1.54) is 24.3 Å². The molecule has 35 heavy (non-hydrogen) atoms. The van der Waals surface area contributed by atoms with Gasteiger partial charge in [-0.15, -0.1) is 11.3 Å². The van der Waals surface area contributed by atoms with E-state index in [2.05, 4.69) is 15.0 Å². The minimum atomic E-state index is -3.82. The summed E-state index contributed by atoms with van der Waals surface area (Å²) in [6.45, 7) is 5.64. The standard InChI is InChI=1S/C25H23N3O5S2/c1-4-33-25(30)22-21(20-15(2)14-16(3)26-24(20)34-22)27-23(29)17-10-12-19(13-11-17)35(31,32)28-18-8-6-5-7-9-18/h5-14,28H,4H2,1-3H3,(H,27,29). The van der Waals surface area contributed by atoms with Crippen molar-refractivity contribution in [2.45, 2.75) is 25.7 Å². The Kier molecular flexibility index (Phi) is 6.86. The normalized spacial score (nSPS) is 11.3. The van der Waals surface area contributed by atoms with Crippen molar-refractivity contribution in [3.63, 3.8) is 0 Å². The number of carbonyl (C=O) groups excluding carboxylic acids is 2. The SMILES string of the molecule is CCOC(=O)c1sc2nc(C)cc(C)c2c1NC(=O)c1ccc(S(=O)(=O)Nc2ccccc2)cc1. The maximum absolute atomic E-state index is 13.1. The number of fused-ring (bicyclic) bond motifs is 1. The van der Waals surface area contributed by atoms with Crippen LogP contribution in [0.25, 0.3) is 10.2 Å². The number of benzene rings is 2. The predicted octanol–water partition coefficient (Wildman–Crippen LogP) is 5.14. The Morgan fingerprint density at radius 3 is 2.37 bits per heavy atom. The number of para-hydroxylation sites is 1. The zero-order valence-corrected chi connectivity index (χ0v) is 20.9. The first-order valence-corrected chi connectivity index (χ1v) is 13.1. The van der Waals surface area contributed by atoms with Crippen LogP contribution in [0.4, 0.5) is 11.4 Å². The van der Waals surface area contributed by atoms with Crippen molar-refractivity contribution >= 4 is 54.8 Å². The van der Waals surface area contributed by atoms with Crippen molar-refractivity contribution in [2.75, 3.05) is 16.6 Å². The van der Waals surface area contributed by atoms with Gasteiger partial charge >= 0.3 is 5.97 Å². The van der Waals surface area contributed by atoms with Crippen molar-refractivity contribution in [1.29, 1.82) is 0 Å². The number of nitrogens with one attached hydrogen (secondary N) is 2. The number of hydrogen-bond donors (Lipinski definition) is 2. The first kappa shape index (κ1) is 24.4. The van der Waals surface area contributed by atoms with E-state index in [1.807, 2.05) is 19.9 Å². The number of esters is 1. The quantitative estimate of drug-likeness (QED) is 0.333. The summed E-state index contributed by atoms with van der Waals surface area (Å²) < 4.78 is 33.0. The molecule has 0 unspecified atom stereocenters. The molecular formula is C25H23N3O5S2. The van der Waals surface area contributed by atoms with Crippen molar-refractivity contribution in [1.82, 2.24) is 4.98 Å². The minimum Gasteiger partial charge on any atom is -0.462 e. The van der Waals surface area contributed by atoms with Crippen LogP contribution < -0.4 is 10.0 Å². The molecule has 180 valence electrons. The topological polar surface area (TPSA) is 114 Å². The second-order valence-electron chi connectivity index (χ2n) is 7.74. The summed E-state index contributed by atoms with van der Waals surface area (Å²) in [5.41, 5.74) is 2.66. The van der Waals surface area contributed by atoms with E-state index in [-0.39, 0.29) is 21.9 Å². The Balaban J connectivity index is 1.63. The molecule has 0 bridgehead atoms. The Labute approximate surface area is 207 Å². The number of anilines is 2. The number of hydrogen-bond acceptors (Lipinski definition) is 7. The molecule has 0 radical (unpaired) electrons. The molecule has 0 saturated carbocycles. The first-order chi connectivity index (χ1) is 16.7. The molecule has 4 aromatic rings. The van der Waals surface area contributed by atoms with Crippen LogP contribution in [0.3, 0.4) is 0 Å². The lowest BCUT2D eigenvalue weighted by Crippen LogP contribution is -2.16. The van der Waals surface area contributed by atoms with Gasteiger partial charge in [0.1, 0.15) is 9.71 Å². The summed E-state index contributed by atoms with van der Waals surface area (Å²) in [6.07, 6.45) is 0. The van der Waals surface area contributed by atoms with E-state index >= 15 is 0 Å². The van der Waals surface area contributed by atoms with Gasteiger partial charge in [-0.3, -0.25) is 9.52 Å². The molecule has 2 N–H and O–H groups in total. The summed E-state index contributed by atoms with van der Waals surface area (Å²) in [5, 5.41) is 3.48. The average Bonchev–Trinajstić information content (AvgIpc) is 3.18. The summed E-state index contributed by atoms with van der Waals surface area (Å²) in [6, 6.07) is 15.9. The highest BCUT2D eigenvalue weighted by molar-refractivity contribution is 7.92. The van der Waals surface area contributed by atoms with Gasteiger partial charge in [0.15, 0.2) is 0 Å². The lowest BCUT2D eigenvalue weighted by molar-refractivity contribution is 0.0533. The number of rotatable bonds is 7. The maximum Gasteiger partial charge on any atom is 0.350 e. The molecule has 2 aromatic carbocycles. The number of nitrogens with zero attached hydrogens (tertiary/aromatic N) is 1. The maximum atomic E-state index is 13.1. The number of ether oxygens (including phenoxy) is 1. The van der Waals surface area contributed by atoms with Gasteiger partial charge in [0.2, 0.25) is 0 Å². The second-order valence-corrected chi connectivity index (χ2v) is 10.4. The number of amides is 1. The van der Waals surface area contributed by atoms with Crippen molar-refractivity contribution in [2.24, 2.45) is 0 Å². The van der Waals surface area contributed by atoms with Gasteiger partial charge in [0.05, 0.1) is 17.2 Å². The number of aryl methyl sites for hydroxylation is 2. The fraction of sp³-hybridized carbons (Fsp3) is 0.160. The lowest BCUT2D eigenvalue weighted by Gasteiger charge is -2.10. The third-order valence-electron chi connectivity index (χ3n) is 5.14. The third-order valence-corrected chi connectivity index (χ3v) is 7.60. The molecule has 8 nitrogen and oxygen atoms in total. The molecule has 2 aromatic heterocycles. The highest BCUT2D eigenvalue weighted by Gasteiger charge is 2.24. The van der Waals surface area contributed by atoms with Crippen LogP contribution in [-0.2, 0) is 14.8 Å². The number of sulfonamides is 1. The largest absolute Gasteiger partial charge is 0.462 e. The second kappa shape index (κ2) is 9.85. The Hall–Kier alpha value is -3.76. The molecular weight excluding hydrogens is 486 g/mol. The van der Waals surface area contributed by atoms with Gasteiger partial charge in [0.25, 0.3) is 15.9 Å². The zero-order valence-electron chi connectivity index (χ0n) is 19.3. The summed E-state index contributed by atoms with van der Waals surface area (Å²) in [7, 11) is -3.82. The van der Waals surface area contributed by atoms with Crippen LogP contribution in [0.2, 0.25) is 0 Å². The number of aromatic nitrogens is 1. The number of carbonyl (C=O) groups is 2. The molecule has 0 aliphatic heterocycles. The fourth-order valence-electron chi connectivity index (χ4n) is 3.59. The van der Waals surface area contributed by atoms with E-state index < -0.39 is 21.9 Å². The molecule has 1 amide bonds. The number of pyridine rings is 1. The van der Waals surface area contributed by atoms with Crippen LogP contribution in [0.1, 0.15) is 38.2 Å². The third kappa shape index (κ3) is 5.18. The average molecular weight is 510 g/mol. The van der Waals surface area contributed by atoms with Gasteiger partial charge in [-0.2, -0.15) is 0 Å². The zero-order chi connectivity index (χ0) is 25.2. The van der Waals surface area contributed by atoms with Crippen molar-refractivity contribution < 1.29 is 22.7 Å². The highest BCUT2D eigenvalue weighted by atomic mass is 32.2. The molecule has 2 heterocycles. The predicted molar refractivity (Wildman–Crippen MR) is 137 cm³/mol. The fourth-order valence-corrected chi connectivity index (χ4v) is 5.80. The van der Waals surface area contributed by atoms with E-state index in [9.17, 15) is 18.0 Å². The molecule has 0 fully saturated rings. The van der Waals surface area contributed by atoms with Crippen LogP contribution in [-0.4, -0.2) is 31.9 Å². The molecule has 4 rings (SSSR count). The van der Waals surface area contributed by atoms with Gasteiger partial charge in [-0.1, -0.05) is 18.2 Å². The van der Waals surface area contributed by atoms with E-state index in [0.29, 0.717) is 21.6 Å². The summed E-state index contributed by atoms with van der Waals surface area (Å²) >= 11 is 1.16. The van der Waals surface area contributed by atoms with Crippen LogP contribution in [0.15, 0.2) is 65.6 Å². The molecule has 0 aliphatic rings. The van der Waals surface area contributed by atoms with Gasteiger partial charge in [-0.25, -0.2) is 18.2 Å². The molecule has 0 aliphatic carbocycles. The summed E-state index contributed by atoms with van der Waals surface area (Å²) in [4.78, 5) is 31.1. The molecule has 10 heteroatoms. The Bertz CT molecular complexity index is 1510. The van der Waals surface area contributed by atoms with Crippen LogP contribution >= 0.6 is 11.3 Å². The van der Waals surface area contributed by atoms with Gasteiger partial charge in [0, 0.05) is 22.3 Å². The lowest BCUT2D eigenvalue weighted by atomic mass is 10.1. The summed E-state index contributed by atoms with van der Waals surface area (Å²) in [5.74, 6) is -1.04. The van der Waals surface area contributed by atoms with Gasteiger partial charge in [-0.05, 0) is 68.8 Å². The number of thiophene rings is 1.